The Morgan fingerprint density at radius 3 is 2.59 bits per heavy atom. The van der Waals surface area contributed by atoms with Gasteiger partial charge in [-0.3, -0.25) is 18.9 Å². The molecule has 0 amide bonds. The Morgan fingerprint density at radius 1 is 1.27 bits per heavy atom. The number of nitrogens with zero attached hydrogens (tertiary/aromatic N) is 5. The van der Waals surface area contributed by atoms with Gasteiger partial charge in [0.1, 0.15) is 17.5 Å². The van der Waals surface area contributed by atoms with Crippen LogP contribution in [0.3, 0.4) is 0 Å². The van der Waals surface area contributed by atoms with Crippen molar-refractivity contribution in [2.75, 3.05) is 30.7 Å². The van der Waals surface area contributed by atoms with Crippen LogP contribution < -0.4 is 25.2 Å². The monoisotopic (exact) mass is 654 g/mol. The van der Waals surface area contributed by atoms with E-state index in [0.29, 0.717) is 17.6 Å². The van der Waals surface area contributed by atoms with Crippen LogP contribution in [0, 0.1) is 5.92 Å². The van der Waals surface area contributed by atoms with Crippen molar-refractivity contribution in [3.63, 3.8) is 0 Å². The fraction of sp³-hybridized carbons (Fsp3) is 0.538. The van der Waals surface area contributed by atoms with Crippen LogP contribution >= 0.6 is 7.75 Å². The summed E-state index contributed by atoms with van der Waals surface area (Å²) in [5, 5.41) is 3.93. The lowest BCUT2D eigenvalue weighted by Gasteiger charge is -2.30. The van der Waals surface area contributed by atoms with Gasteiger partial charge in [0.05, 0.1) is 31.4 Å². The first kappa shape index (κ1) is 33.6. The molecule has 4 N–H and O–H groups in total. The molecule has 0 bridgehead atoms. The van der Waals surface area contributed by atoms with Crippen molar-refractivity contribution in [1.82, 2.24) is 29.4 Å². The first-order valence-corrected chi connectivity index (χ1v) is 17.3. The molecule has 4 atom stereocenters. The number of sulfonamides is 1. The maximum Gasteiger partial charge on any atom is 0.459 e. The maximum atomic E-state index is 14.0. The molecule has 0 radical (unpaired) electrons. The summed E-state index contributed by atoms with van der Waals surface area (Å²) in [7, 11) is -6.27. The Bertz CT molecular complexity index is 1640. The first-order valence-electron chi connectivity index (χ1n) is 13.8. The Hall–Kier alpha value is -3.34. The fourth-order valence-electron chi connectivity index (χ4n) is 4.63. The topological polar surface area (TPSA) is 202 Å². The smallest absolute Gasteiger partial charge is 0.459 e. The van der Waals surface area contributed by atoms with E-state index in [1.807, 2.05) is 6.92 Å². The van der Waals surface area contributed by atoms with Crippen molar-refractivity contribution >= 4 is 46.7 Å². The van der Waals surface area contributed by atoms with E-state index in [2.05, 4.69) is 24.9 Å². The van der Waals surface area contributed by atoms with E-state index in [-0.39, 0.29) is 36.1 Å². The predicted octanol–water partition coefficient (Wildman–Crippen LogP) is 2.76. The molecular formula is C26H39N8O8PS. The normalized spacial score (nSPS) is 20.5. The highest BCUT2D eigenvalue weighted by Crippen LogP contribution is 2.48. The SMILES string of the molecule is CC(C)OC(=O)C(C)(C)NP(=O)(OC[C@@H]1C[C@H](C)[C@H](n2cnc3c(N(C)NS(C)(=O)=O)nc(N)nc32)O1)Oc1ccccc1. The molecule has 0 aliphatic carbocycles. The lowest BCUT2D eigenvalue weighted by atomic mass is 10.1. The standard InChI is InChI=1S/C26H39N8O8PS/c1-16(2)40-24(35)26(4,5)31-43(36,42-18-11-9-8-10-12-18)39-14-19-13-17(3)23(41-19)34-15-28-20-21(29-25(27)30-22(20)34)33(6)32-44(7,37)38/h8-12,15-17,19,23,32H,13-14H2,1-7H3,(H,31,36)(H2,27,29,30)/t17-,19-,23+,43?/m0/s1. The number of hydrazine groups is 1. The van der Waals surface area contributed by atoms with Crippen LogP contribution in [-0.4, -0.2) is 71.6 Å². The van der Waals surface area contributed by atoms with E-state index in [0.717, 1.165) is 6.26 Å². The van der Waals surface area contributed by atoms with Gasteiger partial charge in [0.2, 0.25) is 16.0 Å². The van der Waals surface area contributed by atoms with E-state index in [4.69, 9.17) is 24.3 Å². The second-order valence-corrected chi connectivity index (χ2v) is 14.8. The molecule has 1 unspecified atom stereocenters. The summed E-state index contributed by atoms with van der Waals surface area (Å²) in [6.45, 7) is 8.32. The molecule has 3 heterocycles. The molecule has 0 saturated carbocycles. The number of nitrogens with one attached hydrogen (secondary N) is 2. The number of rotatable bonds is 13. The second kappa shape index (κ2) is 12.9. The quantitative estimate of drug-likeness (QED) is 0.138. The summed E-state index contributed by atoms with van der Waals surface area (Å²) in [6, 6.07) is 8.46. The van der Waals surface area contributed by atoms with Gasteiger partial charge in [-0.05, 0) is 46.2 Å². The Labute approximate surface area is 256 Å². The first-order chi connectivity index (χ1) is 20.5. The highest BCUT2D eigenvalue weighted by Gasteiger charge is 2.42. The van der Waals surface area contributed by atoms with Gasteiger partial charge in [0.25, 0.3) is 0 Å². The van der Waals surface area contributed by atoms with Crippen molar-refractivity contribution in [1.29, 1.82) is 0 Å². The van der Waals surface area contributed by atoms with E-state index in [9.17, 15) is 17.8 Å². The van der Waals surface area contributed by atoms with Crippen LogP contribution in [0.25, 0.3) is 11.2 Å². The molecule has 1 aromatic carbocycles. The predicted molar refractivity (Wildman–Crippen MR) is 163 cm³/mol. The summed E-state index contributed by atoms with van der Waals surface area (Å²) < 4.78 is 62.5. The van der Waals surface area contributed by atoms with Gasteiger partial charge in [-0.15, -0.1) is 4.83 Å². The lowest BCUT2D eigenvalue weighted by molar-refractivity contribution is -0.153. The fourth-order valence-corrected chi connectivity index (χ4v) is 6.91. The number of imidazole rings is 1. The Morgan fingerprint density at radius 2 is 1.95 bits per heavy atom. The number of hydrogen-bond donors (Lipinski definition) is 3. The molecular weight excluding hydrogens is 615 g/mol. The minimum atomic E-state index is -4.14. The van der Waals surface area contributed by atoms with E-state index in [1.54, 1.807) is 48.7 Å². The second-order valence-electron chi connectivity index (χ2n) is 11.4. The largest absolute Gasteiger partial charge is 0.462 e. The van der Waals surface area contributed by atoms with Crippen molar-refractivity contribution in [3.8, 4) is 5.75 Å². The van der Waals surface area contributed by atoms with E-state index in [1.165, 1.54) is 32.2 Å². The summed E-state index contributed by atoms with van der Waals surface area (Å²) in [4.78, 5) is 27.9. The van der Waals surface area contributed by atoms with Gasteiger partial charge >= 0.3 is 13.7 Å². The number of benzene rings is 1. The van der Waals surface area contributed by atoms with Gasteiger partial charge in [-0.1, -0.05) is 25.1 Å². The molecule has 2 aromatic heterocycles. The van der Waals surface area contributed by atoms with E-state index < -0.39 is 41.6 Å². The highest BCUT2D eigenvalue weighted by molar-refractivity contribution is 7.88. The number of nitrogen functional groups attached to an aromatic ring is 1. The molecule has 1 aliphatic heterocycles. The van der Waals surface area contributed by atoms with Crippen LogP contribution in [0.2, 0.25) is 0 Å². The zero-order valence-corrected chi connectivity index (χ0v) is 27.3. The number of para-hydroxylation sites is 1. The molecule has 4 rings (SSSR count). The van der Waals surface area contributed by atoms with Crippen LogP contribution in [0.4, 0.5) is 11.8 Å². The number of esters is 1. The molecule has 44 heavy (non-hydrogen) atoms. The van der Waals surface area contributed by atoms with Crippen molar-refractivity contribution in [3.05, 3.63) is 36.7 Å². The summed E-state index contributed by atoms with van der Waals surface area (Å²) in [5.74, 6) is -0.351. The third-order valence-corrected chi connectivity index (χ3v) is 8.82. The number of carbonyl (C=O) groups is 1. The summed E-state index contributed by atoms with van der Waals surface area (Å²) in [6.07, 6.45) is 1.56. The highest BCUT2D eigenvalue weighted by atomic mass is 32.2. The average Bonchev–Trinajstić information content (AvgIpc) is 3.48. The number of ether oxygens (including phenoxy) is 2. The molecule has 0 spiro atoms. The van der Waals surface area contributed by atoms with Crippen molar-refractivity contribution < 1.29 is 36.3 Å². The summed E-state index contributed by atoms with van der Waals surface area (Å²) >= 11 is 0. The zero-order valence-electron chi connectivity index (χ0n) is 25.6. The molecule has 1 fully saturated rings. The van der Waals surface area contributed by atoms with Gasteiger partial charge in [0, 0.05) is 13.0 Å². The molecule has 18 heteroatoms. The minimum Gasteiger partial charge on any atom is -0.462 e. The van der Waals surface area contributed by atoms with Gasteiger partial charge in [-0.25, -0.2) is 18.0 Å². The van der Waals surface area contributed by atoms with Crippen molar-refractivity contribution in [2.45, 2.75) is 65.0 Å². The number of anilines is 2. The number of carbonyl (C=O) groups excluding carboxylic acids is 1. The van der Waals surface area contributed by atoms with Crippen LogP contribution in [0.5, 0.6) is 5.75 Å². The third kappa shape index (κ3) is 8.22. The third-order valence-electron chi connectivity index (χ3n) is 6.44. The van der Waals surface area contributed by atoms with Gasteiger partial charge < -0.3 is 19.7 Å². The average molecular weight is 655 g/mol. The molecule has 16 nitrogen and oxygen atoms in total. The minimum absolute atomic E-state index is 0.0765. The van der Waals surface area contributed by atoms with Crippen LogP contribution in [-0.2, 0) is 33.4 Å². The van der Waals surface area contributed by atoms with Crippen LogP contribution in [0.15, 0.2) is 36.7 Å². The summed E-state index contributed by atoms with van der Waals surface area (Å²) in [5.41, 5.74) is 5.18. The molecule has 3 aromatic rings. The zero-order chi connectivity index (χ0) is 32.4. The number of nitrogens with two attached hydrogens (primary N) is 1. The van der Waals surface area contributed by atoms with Crippen LogP contribution in [0.1, 0.15) is 47.3 Å². The number of fused-ring (bicyclic) bond motifs is 1. The molecule has 1 saturated heterocycles. The van der Waals surface area contributed by atoms with E-state index >= 15 is 0 Å². The molecule has 242 valence electrons. The Balaban J connectivity index is 1.54. The van der Waals surface area contributed by atoms with Crippen molar-refractivity contribution in [2.24, 2.45) is 5.92 Å². The van der Waals surface area contributed by atoms with Gasteiger partial charge in [-0.2, -0.15) is 15.1 Å². The molecule has 1 aliphatic rings. The number of hydrogen-bond acceptors (Lipinski definition) is 13. The lowest BCUT2D eigenvalue weighted by Crippen LogP contribution is -2.47. The Kier molecular flexibility index (Phi) is 9.87. The van der Waals surface area contributed by atoms with Gasteiger partial charge in [0.15, 0.2) is 17.0 Å². The number of aromatic nitrogens is 4. The maximum absolute atomic E-state index is 14.0.